The van der Waals surface area contributed by atoms with Crippen LogP contribution in [-0.4, -0.2) is 18.2 Å². The van der Waals surface area contributed by atoms with Gasteiger partial charge in [0.2, 0.25) is 0 Å². The van der Waals surface area contributed by atoms with Gasteiger partial charge in [-0.25, -0.2) is 4.99 Å². The number of aliphatic imine (C=N–C) groups is 1. The second-order valence-corrected chi connectivity index (χ2v) is 8.63. The van der Waals surface area contributed by atoms with Gasteiger partial charge in [0.15, 0.2) is 16.7 Å². The van der Waals surface area contributed by atoms with E-state index in [9.17, 15) is 4.79 Å². The van der Waals surface area contributed by atoms with Gasteiger partial charge in [0.1, 0.15) is 6.61 Å². The summed E-state index contributed by atoms with van der Waals surface area (Å²) in [4.78, 5) is 17.4. The molecule has 0 aromatic heterocycles. The number of carbonyl (C=O) groups excluding carboxylic acids is 1. The number of thioether (sulfide) groups is 1. The largest absolute Gasteiger partial charge is 0.493 e. The summed E-state index contributed by atoms with van der Waals surface area (Å²) in [5, 5.41) is 4.42. The van der Waals surface area contributed by atoms with E-state index in [1.165, 1.54) is 11.8 Å². The molecule has 3 aromatic carbocycles. The predicted octanol–water partition coefficient (Wildman–Crippen LogP) is 6.47. The van der Waals surface area contributed by atoms with Gasteiger partial charge >= 0.3 is 0 Å². The number of para-hydroxylation sites is 1. The van der Waals surface area contributed by atoms with Crippen LogP contribution >= 0.6 is 35.0 Å². The van der Waals surface area contributed by atoms with Gasteiger partial charge in [-0.2, -0.15) is 0 Å². The molecule has 8 heteroatoms. The van der Waals surface area contributed by atoms with E-state index in [0.29, 0.717) is 31.6 Å². The molecule has 0 bridgehead atoms. The summed E-state index contributed by atoms with van der Waals surface area (Å²) < 4.78 is 11.4. The molecule has 1 fully saturated rings. The Kier molecular flexibility index (Phi) is 7.05. The van der Waals surface area contributed by atoms with E-state index in [1.807, 2.05) is 48.5 Å². The molecular weight excluding hydrogens is 467 g/mol. The molecule has 4 rings (SSSR count). The van der Waals surface area contributed by atoms with Crippen molar-refractivity contribution >= 4 is 57.8 Å². The number of methoxy groups -OCH3 is 1. The van der Waals surface area contributed by atoms with Gasteiger partial charge in [-0.1, -0.05) is 53.5 Å². The number of benzene rings is 3. The molecule has 1 heterocycles. The Morgan fingerprint density at radius 1 is 1.03 bits per heavy atom. The monoisotopic (exact) mass is 484 g/mol. The molecule has 1 N–H and O–H groups in total. The van der Waals surface area contributed by atoms with E-state index in [-0.39, 0.29) is 12.5 Å². The third-order valence-corrected chi connectivity index (χ3v) is 6.02. The second kappa shape index (κ2) is 10.1. The molecule has 162 valence electrons. The molecule has 0 spiro atoms. The minimum absolute atomic E-state index is 0.198. The number of nitrogens with one attached hydrogen (secondary N) is 1. The zero-order valence-corrected chi connectivity index (χ0v) is 19.3. The first kappa shape index (κ1) is 22.3. The summed E-state index contributed by atoms with van der Waals surface area (Å²) in [7, 11) is 1.57. The fourth-order valence-electron chi connectivity index (χ4n) is 2.94. The van der Waals surface area contributed by atoms with Gasteiger partial charge in [-0.05, 0) is 59.8 Å². The fourth-order valence-corrected chi connectivity index (χ4v) is 4.25. The number of carbonyl (C=O) groups is 1. The fraction of sp³-hybridized carbons (Fsp3) is 0.0833. The number of amidine groups is 1. The van der Waals surface area contributed by atoms with Crippen molar-refractivity contribution in [3.63, 3.8) is 0 Å². The number of halogens is 2. The molecule has 0 saturated carbocycles. The van der Waals surface area contributed by atoms with Crippen LogP contribution in [0, 0.1) is 0 Å². The molecule has 1 aliphatic heterocycles. The van der Waals surface area contributed by atoms with Crippen molar-refractivity contribution in [2.45, 2.75) is 6.61 Å². The molecule has 1 saturated heterocycles. The van der Waals surface area contributed by atoms with Gasteiger partial charge in [-0.3, -0.25) is 4.79 Å². The topological polar surface area (TPSA) is 59.9 Å². The smallest absolute Gasteiger partial charge is 0.264 e. The van der Waals surface area contributed by atoms with Gasteiger partial charge in [-0.15, -0.1) is 0 Å². The summed E-state index contributed by atoms with van der Waals surface area (Å²) in [6, 6.07) is 20.2. The van der Waals surface area contributed by atoms with Gasteiger partial charge in [0, 0.05) is 15.6 Å². The Morgan fingerprint density at radius 3 is 2.59 bits per heavy atom. The van der Waals surface area contributed by atoms with Crippen LogP contribution in [-0.2, 0) is 11.4 Å². The van der Waals surface area contributed by atoms with E-state index in [1.54, 1.807) is 31.4 Å². The Hall–Kier alpha value is -2.93. The van der Waals surface area contributed by atoms with Crippen molar-refractivity contribution in [3.05, 3.63) is 92.8 Å². The summed E-state index contributed by atoms with van der Waals surface area (Å²) in [6.07, 6.45) is 1.79. The van der Waals surface area contributed by atoms with Gasteiger partial charge < -0.3 is 14.8 Å². The summed E-state index contributed by atoms with van der Waals surface area (Å²) >= 11 is 13.5. The number of hydrogen-bond acceptors (Lipinski definition) is 5. The van der Waals surface area contributed by atoms with Crippen LogP contribution in [0.15, 0.2) is 76.6 Å². The van der Waals surface area contributed by atoms with Crippen molar-refractivity contribution in [1.29, 1.82) is 0 Å². The average Bonchev–Trinajstić information content (AvgIpc) is 3.12. The molecule has 1 aliphatic rings. The third kappa shape index (κ3) is 5.46. The van der Waals surface area contributed by atoms with Crippen LogP contribution in [0.3, 0.4) is 0 Å². The van der Waals surface area contributed by atoms with Crippen molar-refractivity contribution in [2.75, 3.05) is 7.11 Å². The normalized spacial score (nSPS) is 15.8. The lowest BCUT2D eigenvalue weighted by Crippen LogP contribution is -2.19. The zero-order valence-electron chi connectivity index (χ0n) is 17.0. The summed E-state index contributed by atoms with van der Waals surface area (Å²) in [5.41, 5.74) is 2.37. The molecule has 1 amide bonds. The van der Waals surface area contributed by atoms with Crippen LogP contribution in [0.1, 0.15) is 11.1 Å². The first-order valence-electron chi connectivity index (χ1n) is 9.61. The Balaban J connectivity index is 1.53. The highest BCUT2D eigenvalue weighted by Crippen LogP contribution is 2.33. The molecule has 32 heavy (non-hydrogen) atoms. The highest BCUT2D eigenvalue weighted by molar-refractivity contribution is 8.18. The van der Waals surface area contributed by atoms with Crippen LogP contribution in [0.5, 0.6) is 11.5 Å². The lowest BCUT2D eigenvalue weighted by Gasteiger charge is -2.12. The molecule has 3 aromatic rings. The minimum Gasteiger partial charge on any atom is -0.493 e. The lowest BCUT2D eigenvalue weighted by atomic mass is 10.2. The summed E-state index contributed by atoms with van der Waals surface area (Å²) in [5.74, 6) is 0.914. The Bertz CT molecular complexity index is 1210. The summed E-state index contributed by atoms with van der Waals surface area (Å²) in [6.45, 7) is 0.246. The van der Waals surface area contributed by atoms with Crippen LogP contribution in [0.2, 0.25) is 10.0 Å². The third-order valence-electron chi connectivity index (χ3n) is 4.52. The number of ether oxygens (including phenoxy) is 2. The minimum atomic E-state index is -0.198. The molecule has 0 unspecified atom stereocenters. The van der Waals surface area contributed by atoms with Crippen LogP contribution < -0.4 is 14.8 Å². The second-order valence-electron chi connectivity index (χ2n) is 6.75. The maximum Gasteiger partial charge on any atom is 0.264 e. The number of hydrogen-bond donors (Lipinski definition) is 1. The van der Waals surface area contributed by atoms with E-state index >= 15 is 0 Å². The van der Waals surface area contributed by atoms with Crippen molar-refractivity contribution in [1.82, 2.24) is 5.32 Å². The maximum atomic E-state index is 12.4. The Morgan fingerprint density at radius 2 is 1.84 bits per heavy atom. The maximum absolute atomic E-state index is 12.4. The number of amides is 1. The Labute approximate surface area is 200 Å². The molecule has 0 atom stereocenters. The molecule has 0 radical (unpaired) electrons. The van der Waals surface area contributed by atoms with E-state index in [0.717, 1.165) is 16.8 Å². The van der Waals surface area contributed by atoms with Gasteiger partial charge in [0.05, 0.1) is 17.7 Å². The van der Waals surface area contributed by atoms with Crippen molar-refractivity contribution < 1.29 is 14.3 Å². The zero-order chi connectivity index (χ0) is 22.5. The first-order valence-corrected chi connectivity index (χ1v) is 11.2. The van der Waals surface area contributed by atoms with E-state index < -0.39 is 0 Å². The molecular formula is C24H18Cl2N2O3S. The average molecular weight is 485 g/mol. The highest BCUT2D eigenvalue weighted by Gasteiger charge is 2.24. The quantitative estimate of drug-likeness (QED) is 0.407. The van der Waals surface area contributed by atoms with Crippen LogP contribution in [0.25, 0.3) is 6.08 Å². The SMILES string of the molecule is COc1ccc(/C=C2/SC(=Nc3ccccc3)NC2=O)cc1OCc1ccc(Cl)cc1Cl. The van der Waals surface area contributed by atoms with E-state index in [4.69, 9.17) is 32.7 Å². The van der Waals surface area contributed by atoms with Crippen molar-refractivity contribution in [2.24, 2.45) is 4.99 Å². The predicted molar refractivity (Wildman–Crippen MR) is 131 cm³/mol. The first-order chi connectivity index (χ1) is 15.5. The number of rotatable bonds is 6. The standard InChI is InChI=1S/C24H18Cl2N2O3S/c1-30-20-10-7-15(11-21(20)31-14-16-8-9-17(25)13-19(16)26)12-22-23(29)28-24(32-22)27-18-5-3-2-4-6-18/h2-13H,14H2,1H3,(H,27,28,29)/b22-12+. The van der Waals surface area contributed by atoms with E-state index in [2.05, 4.69) is 10.3 Å². The molecule has 5 nitrogen and oxygen atoms in total. The van der Waals surface area contributed by atoms with Gasteiger partial charge in [0.25, 0.3) is 5.91 Å². The lowest BCUT2D eigenvalue weighted by molar-refractivity contribution is -0.115. The van der Waals surface area contributed by atoms with Crippen molar-refractivity contribution in [3.8, 4) is 11.5 Å². The highest BCUT2D eigenvalue weighted by atomic mass is 35.5. The number of nitrogens with zero attached hydrogens (tertiary/aromatic N) is 1. The van der Waals surface area contributed by atoms with Crippen LogP contribution in [0.4, 0.5) is 5.69 Å². The molecule has 0 aliphatic carbocycles.